The van der Waals surface area contributed by atoms with Crippen LogP contribution in [0.2, 0.25) is 0 Å². The predicted molar refractivity (Wildman–Crippen MR) is 168 cm³/mol. The van der Waals surface area contributed by atoms with Gasteiger partial charge >= 0.3 is 0 Å². The van der Waals surface area contributed by atoms with Crippen molar-refractivity contribution >= 4 is 0 Å². The van der Waals surface area contributed by atoms with Gasteiger partial charge in [-0.05, 0) is 91.0 Å². The summed E-state index contributed by atoms with van der Waals surface area (Å²) < 4.78 is 0. The molecule has 1 nitrogen and oxygen atoms in total. The van der Waals surface area contributed by atoms with Crippen molar-refractivity contribution in [2.45, 2.75) is 124 Å². The van der Waals surface area contributed by atoms with Gasteiger partial charge in [-0.2, -0.15) is 0 Å². The summed E-state index contributed by atoms with van der Waals surface area (Å²) in [7, 11) is 0. The van der Waals surface area contributed by atoms with E-state index in [4.69, 9.17) is 0 Å². The summed E-state index contributed by atoms with van der Waals surface area (Å²) in [4.78, 5) is 2.73. The Bertz CT molecular complexity index is 1200. The summed E-state index contributed by atoms with van der Waals surface area (Å²) in [6.07, 6.45) is 3.33. The minimum absolute atomic E-state index is 0.0990. The van der Waals surface area contributed by atoms with Crippen molar-refractivity contribution in [3.63, 3.8) is 0 Å². The van der Waals surface area contributed by atoms with Crippen LogP contribution in [-0.4, -0.2) is 4.90 Å². The van der Waals surface area contributed by atoms with Crippen LogP contribution >= 0.6 is 0 Å². The molecule has 3 aliphatic heterocycles. The molecule has 208 valence electrons. The number of benzene rings is 3. The van der Waals surface area contributed by atoms with Crippen molar-refractivity contribution in [3.8, 4) is 0 Å². The SMILES string of the molecule is CC12Cc3c(cccc3C(C)(C)C)CN(Cc3cccc(C(C)(C)C)c3C1)Cc1cccc(C(C)(C)C)c1C2. The van der Waals surface area contributed by atoms with Crippen LogP contribution in [0.3, 0.4) is 0 Å². The molecule has 2 bridgehead atoms. The molecule has 0 amide bonds. The molecule has 3 aliphatic rings. The Morgan fingerprint density at radius 3 is 1.03 bits per heavy atom. The lowest BCUT2D eigenvalue weighted by Gasteiger charge is -2.41. The van der Waals surface area contributed by atoms with Gasteiger partial charge in [0.1, 0.15) is 0 Å². The summed E-state index contributed by atoms with van der Waals surface area (Å²) in [5.41, 5.74) is 14.4. The fourth-order valence-electron chi connectivity index (χ4n) is 7.44. The number of rotatable bonds is 0. The Morgan fingerprint density at radius 2 is 0.769 bits per heavy atom. The van der Waals surface area contributed by atoms with Crippen LogP contribution in [0.15, 0.2) is 54.6 Å². The Morgan fingerprint density at radius 1 is 0.487 bits per heavy atom. The van der Waals surface area contributed by atoms with Crippen LogP contribution in [0.4, 0.5) is 0 Å². The van der Waals surface area contributed by atoms with Gasteiger partial charge in [-0.1, -0.05) is 124 Å². The first-order valence-corrected chi connectivity index (χ1v) is 15.1. The first-order chi connectivity index (χ1) is 18.1. The quantitative estimate of drug-likeness (QED) is 0.285. The maximum atomic E-state index is 2.73. The topological polar surface area (TPSA) is 3.24 Å². The van der Waals surface area contributed by atoms with Crippen LogP contribution in [0.25, 0.3) is 0 Å². The first-order valence-electron chi connectivity index (χ1n) is 15.1. The average Bonchev–Trinajstić information content (AvgIpc) is 2.79. The van der Waals surface area contributed by atoms with E-state index in [1.807, 2.05) is 0 Å². The fourth-order valence-corrected chi connectivity index (χ4v) is 7.44. The molecule has 3 aromatic carbocycles. The molecule has 6 rings (SSSR count). The lowest BCUT2D eigenvalue weighted by Crippen LogP contribution is -2.36. The van der Waals surface area contributed by atoms with Crippen molar-refractivity contribution < 1.29 is 0 Å². The largest absolute Gasteiger partial charge is 0.291 e. The van der Waals surface area contributed by atoms with E-state index >= 15 is 0 Å². The van der Waals surface area contributed by atoms with Gasteiger partial charge in [0.2, 0.25) is 0 Å². The Kier molecular flexibility index (Phi) is 6.95. The van der Waals surface area contributed by atoms with Gasteiger partial charge in [-0.3, -0.25) is 4.90 Å². The number of hydrogen-bond donors (Lipinski definition) is 0. The van der Waals surface area contributed by atoms with E-state index < -0.39 is 0 Å². The molecule has 0 aromatic heterocycles. The molecule has 0 saturated heterocycles. The molecular weight excluding hydrogens is 470 g/mol. The molecule has 3 aromatic rings. The van der Waals surface area contributed by atoms with E-state index in [-0.39, 0.29) is 21.7 Å². The van der Waals surface area contributed by atoms with Gasteiger partial charge in [-0.15, -0.1) is 0 Å². The molecule has 0 N–H and O–H groups in total. The molecule has 0 fully saturated rings. The normalized spacial score (nSPS) is 21.8. The lowest BCUT2D eigenvalue weighted by molar-refractivity contribution is 0.227. The molecule has 1 heteroatoms. The average molecular weight is 522 g/mol. The zero-order chi connectivity index (χ0) is 28.4. The second-order valence-corrected chi connectivity index (χ2v) is 16.1. The predicted octanol–water partition coefficient (Wildman–Crippen LogP) is 9.44. The molecule has 0 unspecified atom stereocenters. The molecule has 0 aliphatic carbocycles. The van der Waals surface area contributed by atoms with E-state index in [1.165, 1.54) is 33.4 Å². The second kappa shape index (κ2) is 9.62. The Balaban J connectivity index is 1.81. The van der Waals surface area contributed by atoms with Gasteiger partial charge in [0.25, 0.3) is 0 Å². The van der Waals surface area contributed by atoms with Crippen molar-refractivity contribution in [2.24, 2.45) is 5.41 Å². The zero-order valence-corrected chi connectivity index (χ0v) is 26.4. The third-order valence-electron chi connectivity index (χ3n) is 9.24. The molecule has 0 spiro atoms. The van der Waals surface area contributed by atoms with Gasteiger partial charge < -0.3 is 0 Å². The summed E-state index contributed by atoms with van der Waals surface area (Å²) in [5.74, 6) is 0. The molecule has 0 saturated carbocycles. The van der Waals surface area contributed by atoms with Gasteiger partial charge in [0, 0.05) is 19.6 Å². The standard InChI is InChI=1S/C38H51N/c1-35(2,3)32-17-11-14-26-23-39-24-27-15-12-18-33(36(4,5)6)30(27)21-38(10,20-29(26)32)22-31-28(25-39)16-13-19-34(31)37(7,8)9/h11-19H,20-25H2,1-10H3. The van der Waals surface area contributed by atoms with Crippen LogP contribution in [0.5, 0.6) is 0 Å². The van der Waals surface area contributed by atoms with Crippen LogP contribution < -0.4 is 0 Å². The monoisotopic (exact) mass is 521 g/mol. The van der Waals surface area contributed by atoms with Gasteiger partial charge in [0.15, 0.2) is 0 Å². The van der Waals surface area contributed by atoms with Crippen LogP contribution in [0, 0.1) is 5.41 Å². The van der Waals surface area contributed by atoms with E-state index in [0.29, 0.717) is 0 Å². The highest BCUT2D eigenvalue weighted by molar-refractivity contribution is 5.47. The third kappa shape index (κ3) is 5.62. The molecule has 3 heterocycles. The van der Waals surface area contributed by atoms with Crippen LogP contribution in [0.1, 0.15) is 119 Å². The summed E-state index contributed by atoms with van der Waals surface area (Å²) in [5, 5.41) is 0. The van der Waals surface area contributed by atoms with E-state index in [9.17, 15) is 0 Å². The van der Waals surface area contributed by atoms with E-state index in [2.05, 4.69) is 129 Å². The summed E-state index contributed by atoms with van der Waals surface area (Å²) in [6, 6.07) is 21.4. The number of hydrogen-bond acceptors (Lipinski definition) is 1. The summed E-state index contributed by atoms with van der Waals surface area (Å²) in [6.45, 7) is 27.1. The van der Waals surface area contributed by atoms with Crippen molar-refractivity contribution in [3.05, 3.63) is 105 Å². The molecule has 39 heavy (non-hydrogen) atoms. The maximum absolute atomic E-state index is 2.73. The Hall–Kier alpha value is -2.38. The first kappa shape index (κ1) is 28.2. The van der Waals surface area contributed by atoms with Crippen molar-refractivity contribution in [1.82, 2.24) is 4.90 Å². The van der Waals surface area contributed by atoms with Gasteiger partial charge in [-0.25, -0.2) is 0 Å². The second-order valence-electron chi connectivity index (χ2n) is 16.1. The highest BCUT2D eigenvalue weighted by Crippen LogP contribution is 2.44. The highest BCUT2D eigenvalue weighted by atomic mass is 15.1. The van der Waals surface area contributed by atoms with Crippen molar-refractivity contribution in [2.75, 3.05) is 0 Å². The minimum Gasteiger partial charge on any atom is -0.291 e. The van der Waals surface area contributed by atoms with Crippen LogP contribution in [-0.2, 0) is 55.1 Å². The van der Waals surface area contributed by atoms with E-state index in [1.54, 1.807) is 16.7 Å². The van der Waals surface area contributed by atoms with Crippen molar-refractivity contribution in [1.29, 1.82) is 0 Å². The van der Waals surface area contributed by atoms with Gasteiger partial charge in [0.05, 0.1) is 0 Å². The zero-order valence-electron chi connectivity index (χ0n) is 26.4. The lowest BCUT2D eigenvalue weighted by atomic mass is 9.66. The molecule has 0 atom stereocenters. The molecular formula is C38H51N. The summed E-state index contributed by atoms with van der Waals surface area (Å²) >= 11 is 0. The minimum atomic E-state index is 0.0990. The highest BCUT2D eigenvalue weighted by Gasteiger charge is 2.37. The third-order valence-corrected chi connectivity index (χ3v) is 9.24. The molecule has 0 radical (unpaired) electrons. The fraction of sp³-hybridized carbons (Fsp3) is 0.526. The number of nitrogens with zero attached hydrogens (tertiary/aromatic N) is 1. The maximum Gasteiger partial charge on any atom is 0.0243 e. The Labute approximate surface area is 239 Å². The van der Waals surface area contributed by atoms with E-state index in [0.717, 1.165) is 38.9 Å². The smallest absolute Gasteiger partial charge is 0.0243 e.